The van der Waals surface area contributed by atoms with Crippen LogP contribution in [0.5, 0.6) is 11.5 Å². The minimum absolute atomic E-state index is 0.0880. The lowest BCUT2D eigenvalue weighted by Gasteiger charge is -2.15. The highest BCUT2D eigenvalue weighted by molar-refractivity contribution is 5.30. The predicted octanol–water partition coefficient (Wildman–Crippen LogP) is 2.38. The quantitative estimate of drug-likeness (QED) is 0.614. The Labute approximate surface area is 90.5 Å². The van der Waals surface area contributed by atoms with E-state index in [1.54, 1.807) is 6.07 Å². The summed E-state index contributed by atoms with van der Waals surface area (Å²) in [4.78, 5) is 0. The van der Waals surface area contributed by atoms with Crippen LogP contribution in [0.4, 0.5) is 0 Å². The molecule has 3 nitrogen and oxygen atoms in total. The SMILES string of the molecule is NC1CCCCC1.Oc1cccc(O)c1. The largest absolute Gasteiger partial charge is 0.508 e. The molecule has 0 spiro atoms. The van der Waals surface area contributed by atoms with Gasteiger partial charge in [0.15, 0.2) is 0 Å². The second-order valence-corrected chi connectivity index (χ2v) is 3.92. The summed E-state index contributed by atoms with van der Waals surface area (Å²) in [6.07, 6.45) is 6.66. The first-order valence-corrected chi connectivity index (χ1v) is 5.42. The van der Waals surface area contributed by atoms with Gasteiger partial charge in [-0.1, -0.05) is 25.3 Å². The number of rotatable bonds is 0. The van der Waals surface area contributed by atoms with Gasteiger partial charge in [0.05, 0.1) is 0 Å². The summed E-state index contributed by atoms with van der Waals surface area (Å²) in [6, 6.07) is 6.39. The molecule has 0 aromatic heterocycles. The van der Waals surface area contributed by atoms with Crippen molar-refractivity contribution in [1.82, 2.24) is 0 Å². The van der Waals surface area contributed by atoms with Crippen LogP contribution >= 0.6 is 0 Å². The first kappa shape index (κ1) is 11.9. The number of nitrogens with two attached hydrogens (primary N) is 1. The molecular formula is C12H19NO2. The van der Waals surface area contributed by atoms with E-state index in [-0.39, 0.29) is 11.5 Å². The lowest BCUT2D eigenvalue weighted by molar-refractivity contribution is 0.441. The van der Waals surface area contributed by atoms with Crippen molar-refractivity contribution in [2.45, 2.75) is 38.1 Å². The molecule has 0 unspecified atom stereocenters. The monoisotopic (exact) mass is 209 g/mol. The van der Waals surface area contributed by atoms with Gasteiger partial charge in [0.1, 0.15) is 11.5 Å². The molecule has 0 amide bonds. The van der Waals surface area contributed by atoms with Crippen LogP contribution in [0.1, 0.15) is 32.1 Å². The van der Waals surface area contributed by atoms with Gasteiger partial charge in [0.2, 0.25) is 0 Å². The second kappa shape index (κ2) is 6.30. The molecule has 0 atom stereocenters. The van der Waals surface area contributed by atoms with Crippen LogP contribution in [0.25, 0.3) is 0 Å². The fraction of sp³-hybridized carbons (Fsp3) is 0.500. The lowest BCUT2D eigenvalue weighted by Crippen LogP contribution is -2.22. The van der Waals surface area contributed by atoms with Crippen LogP contribution in [0, 0.1) is 0 Å². The number of hydrogen-bond acceptors (Lipinski definition) is 3. The molecule has 0 heterocycles. The van der Waals surface area contributed by atoms with Gasteiger partial charge in [0, 0.05) is 12.1 Å². The van der Waals surface area contributed by atoms with Crippen LogP contribution in [0.3, 0.4) is 0 Å². The Hall–Kier alpha value is -1.22. The van der Waals surface area contributed by atoms with Crippen molar-refractivity contribution in [3.05, 3.63) is 24.3 Å². The van der Waals surface area contributed by atoms with E-state index in [0.29, 0.717) is 6.04 Å². The maximum absolute atomic E-state index is 8.65. The highest BCUT2D eigenvalue weighted by atomic mass is 16.3. The van der Waals surface area contributed by atoms with Gasteiger partial charge >= 0.3 is 0 Å². The lowest BCUT2D eigenvalue weighted by atomic mass is 9.97. The average molecular weight is 209 g/mol. The predicted molar refractivity (Wildman–Crippen MR) is 60.8 cm³/mol. The topological polar surface area (TPSA) is 66.5 Å². The summed E-state index contributed by atoms with van der Waals surface area (Å²) in [7, 11) is 0. The Kier molecular flexibility index (Phi) is 4.98. The van der Waals surface area contributed by atoms with E-state index in [1.165, 1.54) is 50.3 Å². The van der Waals surface area contributed by atoms with Crippen LogP contribution < -0.4 is 5.73 Å². The van der Waals surface area contributed by atoms with Crippen molar-refractivity contribution in [3.8, 4) is 11.5 Å². The summed E-state index contributed by atoms with van der Waals surface area (Å²) < 4.78 is 0. The maximum Gasteiger partial charge on any atom is 0.119 e. The summed E-state index contributed by atoms with van der Waals surface area (Å²) in [5, 5.41) is 17.3. The molecule has 1 aromatic rings. The zero-order valence-electron chi connectivity index (χ0n) is 8.89. The van der Waals surface area contributed by atoms with Crippen molar-refractivity contribution in [2.75, 3.05) is 0 Å². The first-order valence-electron chi connectivity index (χ1n) is 5.42. The maximum atomic E-state index is 8.65. The third-order valence-electron chi connectivity index (χ3n) is 2.48. The van der Waals surface area contributed by atoms with Crippen molar-refractivity contribution in [3.63, 3.8) is 0 Å². The number of phenols is 2. The number of aromatic hydroxyl groups is 2. The highest BCUT2D eigenvalue weighted by Crippen LogP contribution is 2.15. The summed E-state index contributed by atoms with van der Waals surface area (Å²) in [5.41, 5.74) is 5.63. The molecule has 84 valence electrons. The van der Waals surface area contributed by atoms with E-state index in [1.807, 2.05) is 0 Å². The zero-order valence-corrected chi connectivity index (χ0v) is 8.89. The summed E-state index contributed by atoms with van der Waals surface area (Å²) in [6.45, 7) is 0. The highest BCUT2D eigenvalue weighted by Gasteiger charge is 2.06. The Balaban J connectivity index is 0.000000151. The molecule has 1 aromatic carbocycles. The molecule has 0 bridgehead atoms. The molecule has 0 radical (unpaired) electrons. The molecule has 1 saturated carbocycles. The van der Waals surface area contributed by atoms with Gasteiger partial charge in [-0.05, 0) is 25.0 Å². The van der Waals surface area contributed by atoms with Gasteiger partial charge in [0.25, 0.3) is 0 Å². The minimum Gasteiger partial charge on any atom is -0.508 e. The van der Waals surface area contributed by atoms with Crippen molar-refractivity contribution < 1.29 is 10.2 Å². The fourth-order valence-corrected chi connectivity index (χ4v) is 1.63. The Morgan fingerprint density at radius 2 is 1.53 bits per heavy atom. The first-order chi connectivity index (χ1) is 7.18. The van der Waals surface area contributed by atoms with E-state index in [9.17, 15) is 0 Å². The Bertz CT molecular complexity index is 265. The molecule has 0 saturated heterocycles. The standard InChI is InChI=1S/C6H13N.C6H6O2/c7-6-4-2-1-3-5-6;7-5-2-1-3-6(8)4-5/h6H,1-5,7H2;1-4,7-8H. The van der Waals surface area contributed by atoms with Gasteiger partial charge in [-0.25, -0.2) is 0 Å². The molecule has 15 heavy (non-hydrogen) atoms. The smallest absolute Gasteiger partial charge is 0.119 e. The fourth-order valence-electron chi connectivity index (χ4n) is 1.63. The van der Waals surface area contributed by atoms with Gasteiger partial charge in [-0.2, -0.15) is 0 Å². The molecule has 3 heteroatoms. The zero-order chi connectivity index (χ0) is 11.1. The van der Waals surface area contributed by atoms with E-state index in [0.717, 1.165) is 0 Å². The minimum atomic E-state index is 0.0880. The van der Waals surface area contributed by atoms with Gasteiger partial charge < -0.3 is 15.9 Å². The van der Waals surface area contributed by atoms with Crippen molar-refractivity contribution in [1.29, 1.82) is 0 Å². The molecule has 1 aliphatic rings. The van der Waals surface area contributed by atoms with Crippen LogP contribution in [-0.2, 0) is 0 Å². The second-order valence-electron chi connectivity index (χ2n) is 3.92. The molecular weight excluding hydrogens is 190 g/mol. The third kappa shape index (κ3) is 5.27. The van der Waals surface area contributed by atoms with E-state index >= 15 is 0 Å². The number of hydrogen-bond donors (Lipinski definition) is 3. The number of phenolic OH excluding ortho intramolecular Hbond substituents is 2. The van der Waals surface area contributed by atoms with Crippen molar-refractivity contribution in [2.24, 2.45) is 5.73 Å². The molecule has 2 rings (SSSR count). The third-order valence-corrected chi connectivity index (χ3v) is 2.48. The van der Waals surface area contributed by atoms with Gasteiger partial charge in [-0.3, -0.25) is 0 Å². The van der Waals surface area contributed by atoms with E-state index < -0.39 is 0 Å². The average Bonchev–Trinajstić information content (AvgIpc) is 2.19. The van der Waals surface area contributed by atoms with Crippen molar-refractivity contribution >= 4 is 0 Å². The summed E-state index contributed by atoms with van der Waals surface area (Å²) in [5.74, 6) is 0.176. The molecule has 1 fully saturated rings. The number of benzene rings is 1. The van der Waals surface area contributed by atoms with Gasteiger partial charge in [-0.15, -0.1) is 0 Å². The van der Waals surface area contributed by atoms with E-state index in [4.69, 9.17) is 15.9 Å². The van der Waals surface area contributed by atoms with Crippen LogP contribution in [-0.4, -0.2) is 16.3 Å². The normalized spacial score (nSPS) is 16.6. The molecule has 4 N–H and O–H groups in total. The Morgan fingerprint density at radius 3 is 1.80 bits per heavy atom. The van der Waals surface area contributed by atoms with Crippen LogP contribution in [0.15, 0.2) is 24.3 Å². The summed E-state index contributed by atoms with van der Waals surface area (Å²) >= 11 is 0. The Morgan fingerprint density at radius 1 is 1.00 bits per heavy atom. The molecule has 0 aliphatic heterocycles. The van der Waals surface area contributed by atoms with Crippen LogP contribution in [0.2, 0.25) is 0 Å². The van der Waals surface area contributed by atoms with E-state index in [2.05, 4.69) is 0 Å². The molecule has 1 aliphatic carbocycles.